The average molecular weight is 282 g/mol. The summed E-state index contributed by atoms with van der Waals surface area (Å²) in [4.78, 5) is 4.48. The summed E-state index contributed by atoms with van der Waals surface area (Å²) in [6, 6.07) is 0.727. The highest BCUT2D eigenvalue weighted by Crippen LogP contribution is 2.18. The van der Waals surface area contributed by atoms with Gasteiger partial charge in [-0.1, -0.05) is 39.5 Å². The highest BCUT2D eigenvalue weighted by atomic mass is 32.1. The van der Waals surface area contributed by atoms with Gasteiger partial charge in [0.15, 0.2) is 0 Å². The van der Waals surface area contributed by atoms with Crippen LogP contribution in [0.2, 0.25) is 0 Å². The molecule has 0 atom stereocenters. The van der Waals surface area contributed by atoms with Crippen LogP contribution in [0.5, 0.6) is 0 Å². The van der Waals surface area contributed by atoms with E-state index in [1.165, 1.54) is 50.1 Å². The van der Waals surface area contributed by atoms with Crippen molar-refractivity contribution in [3.05, 3.63) is 5.82 Å². The van der Waals surface area contributed by atoms with Crippen LogP contribution in [0.4, 0.5) is 5.13 Å². The van der Waals surface area contributed by atoms with Crippen molar-refractivity contribution in [2.75, 3.05) is 18.4 Å². The molecule has 1 aliphatic rings. The van der Waals surface area contributed by atoms with Gasteiger partial charge < -0.3 is 10.6 Å². The first-order valence-corrected chi connectivity index (χ1v) is 8.34. The first kappa shape index (κ1) is 14.7. The van der Waals surface area contributed by atoms with E-state index in [-0.39, 0.29) is 0 Å². The minimum Gasteiger partial charge on any atom is -0.359 e. The van der Waals surface area contributed by atoms with Gasteiger partial charge in [-0.2, -0.15) is 4.37 Å². The molecule has 5 heteroatoms. The smallest absolute Gasteiger partial charge is 0.202 e. The molecule has 1 aromatic rings. The third-order valence-electron chi connectivity index (χ3n) is 3.65. The Morgan fingerprint density at radius 3 is 2.53 bits per heavy atom. The molecule has 108 valence electrons. The lowest BCUT2D eigenvalue weighted by Crippen LogP contribution is -2.32. The van der Waals surface area contributed by atoms with E-state index in [9.17, 15) is 0 Å². The number of rotatable bonds is 6. The zero-order chi connectivity index (χ0) is 13.5. The van der Waals surface area contributed by atoms with Crippen molar-refractivity contribution in [1.29, 1.82) is 0 Å². The van der Waals surface area contributed by atoms with E-state index in [0.29, 0.717) is 5.92 Å². The summed E-state index contributed by atoms with van der Waals surface area (Å²) in [5, 5.41) is 7.96. The Balaban J connectivity index is 1.62. The van der Waals surface area contributed by atoms with Crippen molar-refractivity contribution in [3.8, 4) is 0 Å². The summed E-state index contributed by atoms with van der Waals surface area (Å²) < 4.78 is 4.34. The van der Waals surface area contributed by atoms with Crippen molar-refractivity contribution in [2.45, 2.75) is 64.3 Å². The van der Waals surface area contributed by atoms with Crippen molar-refractivity contribution in [2.24, 2.45) is 0 Å². The topological polar surface area (TPSA) is 49.8 Å². The van der Waals surface area contributed by atoms with E-state index in [2.05, 4.69) is 33.8 Å². The van der Waals surface area contributed by atoms with Crippen LogP contribution in [0.25, 0.3) is 0 Å². The summed E-state index contributed by atoms with van der Waals surface area (Å²) in [6.45, 7) is 6.20. The molecule has 1 fully saturated rings. The molecule has 0 spiro atoms. The first-order chi connectivity index (χ1) is 9.25. The molecular formula is C14H26N4S. The first-order valence-electron chi connectivity index (χ1n) is 7.56. The molecular weight excluding hydrogens is 256 g/mol. The molecule has 1 aromatic heterocycles. The molecule has 1 heterocycles. The molecule has 0 unspecified atom stereocenters. The lowest BCUT2D eigenvalue weighted by Gasteiger charge is -2.15. The molecule has 0 amide bonds. The van der Waals surface area contributed by atoms with Crippen LogP contribution in [0, 0.1) is 0 Å². The number of nitrogens with zero attached hydrogens (tertiary/aromatic N) is 2. The van der Waals surface area contributed by atoms with Crippen LogP contribution in [-0.2, 0) is 0 Å². The predicted octanol–water partition coefficient (Wildman–Crippen LogP) is 3.39. The Kier molecular flexibility index (Phi) is 6.04. The summed E-state index contributed by atoms with van der Waals surface area (Å²) in [5.74, 6) is 1.36. The van der Waals surface area contributed by atoms with E-state index >= 15 is 0 Å². The maximum absolute atomic E-state index is 4.48. The maximum atomic E-state index is 4.48. The van der Waals surface area contributed by atoms with Gasteiger partial charge in [-0.25, -0.2) is 4.98 Å². The lowest BCUT2D eigenvalue weighted by atomic mass is 10.1. The van der Waals surface area contributed by atoms with Crippen molar-refractivity contribution in [1.82, 2.24) is 14.7 Å². The summed E-state index contributed by atoms with van der Waals surface area (Å²) in [7, 11) is 0. The van der Waals surface area contributed by atoms with Gasteiger partial charge >= 0.3 is 0 Å². The zero-order valence-electron chi connectivity index (χ0n) is 12.1. The molecule has 0 aliphatic heterocycles. The number of hydrogen-bond donors (Lipinski definition) is 2. The van der Waals surface area contributed by atoms with Gasteiger partial charge in [0.2, 0.25) is 5.13 Å². The zero-order valence-corrected chi connectivity index (χ0v) is 12.9. The van der Waals surface area contributed by atoms with Crippen LogP contribution < -0.4 is 10.6 Å². The van der Waals surface area contributed by atoms with Crippen LogP contribution in [0.15, 0.2) is 0 Å². The van der Waals surface area contributed by atoms with Crippen LogP contribution >= 0.6 is 11.5 Å². The van der Waals surface area contributed by atoms with Gasteiger partial charge in [0.25, 0.3) is 0 Å². The predicted molar refractivity (Wildman–Crippen MR) is 82.0 cm³/mol. The summed E-state index contributed by atoms with van der Waals surface area (Å²) in [5.41, 5.74) is 0. The van der Waals surface area contributed by atoms with Gasteiger partial charge in [0, 0.05) is 36.6 Å². The Morgan fingerprint density at radius 1 is 1.16 bits per heavy atom. The average Bonchev–Trinajstić information content (AvgIpc) is 2.72. The Hall–Kier alpha value is -0.680. The van der Waals surface area contributed by atoms with Crippen LogP contribution in [0.1, 0.15) is 64.1 Å². The van der Waals surface area contributed by atoms with E-state index in [1.807, 2.05) is 0 Å². The number of nitrogens with one attached hydrogen (secondary N) is 2. The normalized spacial score (nSPS) is 17.6. The largest absolute Gasteiger partial charge is 0.359 e. The van der Waals surface area contributed by atoms with E-state index in [1.54, 1.807) is 0 Å². The fourth-order valence-corrected chi connectivity index (χ4v) is 3.20. The monoisotopic (exact) mass is 282 g/mol. The Morgan fingerprint density at radius 2 is 1.89 bits per heavy atom. The molecule has 0 bridgehead atoms. The second kappa shape index (κ2) is 7.80. The van der Waals surface area contributed by atoms with Gasteiger partial charge in [-0.05, 0) is 12.8 Å². The van der Waals surface area contributed by atoms with Crippen LogP contribution in [0.3, 0.4) is 0 Å². The molecule has 0 aromatic carbocycles. The second-order valence-electron chi connectivity index (χ2n) is 5.68. The van der Waals surface area contributed by atoms with Gasteiger partial charge in [0.05, 0.1) is 0 Å². The third-order valence-corrected chi connectivity index (χ3v) is 4.33. The van der Waals surface area contributed by atoms with Crippen molar-refractivity contribution in [3.63, 3.8) is 0 Å². The standard InChI is InChI=1S/C14H26N4S/c1-11(2)13-17-14(19-18-13)16-10-9-15-12-7-5-3-4-6-8-12/h11-12,15H,3-10H2,1-2H3,(H,16,17,18). The van der Waals surface area contributed by atoms with E-state index in [0.717, 1.165) is 30.1 Å². The van der Waals surface area contributed by atoms with Crippen LogP contribution in [-0.4, -0.2) is 28.5 Å². The number of aromatic nitrogens is 2. The molecule has 19 heavy (non-hydrogen) atoms. The summed E-state index contributed by atoms with van der Waals surface area (Å²) in [6.07, 6.45) is 8.30. The molecule has 4 nitrogen and oxygen atoms in total. The minimum atomic E-state index is 0.413. The Bertz CT molecular complexity index is 356. The quantitative estimate of drug-likeness (QED) is 0.620. The van der Waals surface area contributed by atoms with Gasteiger partial charge in [-0.3, -0.25) is 0 Å². The van der Waals surface area contributed by atoms with Crippen molar-refractivity contribution >= 4 is 16.7 Å². The molecule has 0 radical (unpaired) electrons. The van der Waals surface area contributed by atoms with E-state index < -0.39 is 0 Å². The number of anilines is 1. The molecule has 2 N–H and O–H groups in total. The van der Waals surface area contributed by atoms with Gasteiger partial charge in [0.1, 0.15) is 5.82 Å². The summed E-state index contributed by atoms with van der Waals surface area (Å²) >= 11 is 1.47. The molecule has 0 saturated heterocycles. The second-order valence-corrected chi connectivity index (χ2v) is 6.43. The van der Waals surface area contributed by atoms with Crippen molar-refractivity contribution < 1.29 is 0 Å². The maximum Gasteiger partial charge on any atom is 0.202 e. The SMILES string of the molecule is CC(C)c1nsc(NCCNC2CCCCCC2)n1. The lowest BCUT2D eigenvalue weighted by molar-refractivity contribution is 0.468. The molecule has 2 rings (SSSR count). The molecule has 1 saturated carbocycles. The highest BCUT2D eigenvalue weighted by molar-refractivity contribution is 7.09. The minimum absolute atomic E-state index is 0.413. The third kappa shape index (κ3) is 5.07. The fraction of sp³-hybridized carbons (Fsp3) is 0.857. The fourth-order valence-electron chi connectivity index (χ4n) is 2.47. The van der Waals surface area contributed by atoms with E-state index in [4.69, 9.17) is 0 Å². The highest BCUT2D eigenvalue weighted by Gasteiger charge is 2.11. The Labute approximate surface area is 120 Å². The van der Waals surface area contributed by atoms with Gasteiger partial charge in [-0.15, -0.1) is 0 Å². The number of hydrogen-bond acceptors (Lipinski definition) is 5. The molecule has 1 aliphatic carbocycles.